The quantitative estimate of drug-likeness (QED) is 0.737. The number of hydrogen-bond acceptors (Lipinski definition) is 4. The minimum atomic E-state index is -0.502. The molecular formula is C16H21NO4. The Kier molecular flexibility index (Phi) is 3.53. The third-order valence-corrected chi connectivity index (χ3v) is 3.64. The highest BCUT2D eigenvalue weighted by molar-refractivity contribution is 5.69. The third kappa shape index (κ3) is 2.83. The molecule has 1 aromatic carbocycles. The largest absolute Gasteiger partial charge is 0.491 e. The molecule has 0 saturated carbocycles. The predicted octanol–water partition coefficient (Wildman–Crippen LogP) is 2.76. The third-order valence-electron chi connectivity index (χ3n) is 3.64. The van der Waals surface area contributed by atoms with Gasteiger partial charge in [0.05, 0.1) is 12.6 Å². The summed E-state index contributed by atoms with van der Waals surface area (Å²) >= 11 is 0. The van der Waals surface area contributed by atoms with Crippen LogP contribution in [-0.2, 0) is 9.47 Å². The first-order valence-corrected chi connectivity index (χ1v) is 7.29. The van der Waals surface area contributed by atoms with Crippen LogP contribution in [0.4, 0.5) is 4.79 Å². The molecule has 2 aliphatic heterocycles. The lowest BCUT2D eigenvalue weighted by Gasteiger charge is -2.44. The summed E-state index contributed by atoms with van der Waals surface area (Å²) in [5, 5.41) is 0. The zero-order chi connectivity index (χ0) is 15.0. The van der Waals surface area contributed by atoms with Crippen LogP contribution in [0.2, 0.25) is 0 Å². The van der Waals surface area contributed by atoms with Gasteiger partial charge in [0.1, 0.15) is 24.1 Å². The van der Waals surface area contributed by atoms with Crippen molar-refractivity contribution in [2.45, 2.75) is 38.5 Å². The van der Waals surface area contributed by atoms with E-state index in [9.17, 15) is 4.79 Å². The normalized spacial score (nSPS) is 24.6. The molecule has 2 heterocycles. The predicted molar refractivity (Wildman–Crippen MR) is 77.4 cm³/mol. The van der Waals surface area contributed by atoms with E-state index in [1.165, 1.54) is 0 Å². The molecule has 114 valence electrons. The summed E-state index contributed by atoms with van der Waals surface area (Å²) in [6, 6.07) is 7.68. The fourth-order valence-electron chi connectivity index (χ4n) is 2.76. The second-order valence-corrected chi connectivity index (χ2v) is 6.38. The molecule has 1 amide bonds. The van der Waals surface area contributed by atoms with Gasteiger partial charge in [0.15, 0.2) is 0 Å². The molecule has 1 saturated heterocycles. The van der Waals surface area contributed by atoms with E-state index in [4.69, 9.17) is 14.2 Å². The topological polar surface area (TPSA) is 48.0 Å². The van der Waals surface area contributed by atoms with Gasteiger partial charge in [-0.1, -0.05) is 18.2 Å². The van der Waals surface area contributed by atoms with Gasteiger partial charge >= 0.3 is 6.09 Å². The Balaban J connectivity index is 1.82. The average Bonchev–Trinajstić information content (AvgIpc) is 2.44. The summed E-state index contributed by atoms with van der Waals surface area (Å²) < 4.78 is 17.2. The smallest absolute Gasteiger partial charge is 0.410 e. The number of nitrogens with zero attached hydrogens (tertiary/aromatic N) is 1. The van der Waals surface area contributed by atoms with E-state index in [2.05, 4.69) is 0 Å². The molecule has 21 heavy (non-hydrogen) atoms. The Labute approximate surface area is 124 Å². The molecular weight excluding hydrogens is 270 g/mol. The van der Waals surface area contributed by atoms with Crippen molar-refractivity contribution in [2.75, 3.05) is 19.8 Å². The number of benzene rings is 1. The van der Waals surface area contributed by atoms with Crippen molar-refractivity contribution in [1.82, 2.24) is 4.90 Å². The van der Waals surface area contributed by atoms with Crippen LogP contribution in [-0.4, -0.2) is 42.4 Å². The molecule has 5 heteroatoms. The summed E-state index contributed by atoms with van der Waals surface area (Å²) in [5.41, 5.74) is 0.500. The molecule has 2 aliphatic rings. The number of rotatable bonds is 0. The summed E-state index contributed by atoms with van der Waals surface area (Å²) in [7, 11) is 0. The van der Waals surface area contributed by atoms with Crippen molar-refractivity contribution in [3.05, 3.63) is 29.8 Å². The van der Waals surface area contributed by atoms with Crippen molar-refractivity contribution >= 4 is 6.09 Å². The summed E-state index contributed by atoms with van der Waals surface area (Å²) in [6.07, 6.45) is -0.444. The highest BCUT2D eigenvalue weighted by Crippen LogP contribution is 2.38. The fraction of sp³-hybridized carbons (Fsp3) is 0.562. The second-order valence-electron chi connectivity index (χ2n) is 6.38. The van der Waals surface area contributed by atoms with E-state index in [0.29, 0.717) is 19.8 Å². The Morgan fingerprint density at radius 1 is 1.33 bits per heavy atom. The Hall–Kier alpha value is -1.75. The molecule has 1 aromatic rings. The minimum Gasteiger partial charge on any atom is -0.491 e. The maximum Gasteiger partial charge on any atom is 0.410 e. The van der Waals surface area contributed by atoms with Gasteiger partial charge in [0.2, 0.25) is 0 Å². The molecule has 0 unspecified atom stereocenters. The van der Waals surface area contributed by atoms with E-state index >= 15 is 0 Å². The highest BCUT2D eigenvalue weighted by atomic mass is 16.6. The van der Waals surface area contributed by atoms with Crippen molar-refractivity contribution in [2.24, 2.45) is 0 Å². The molecule has 1 fully saturated rings. The van der Waals surface area contributed by atoms with Crippen molar-refractivity contribution in [3.63, 3.8) is 0 Å². The van der Waals surface area contributed by atoms with Crippen LogP contribution in [0.5, 0.6) is 5.75 Å². The second kappa shape index (κ2) is 5.22. The number of fused-ring (bicyclic) bond motifs is 3. The Bertz CT molecular complexity index is 537. The lowest BCUT2D eigenvalue weighted by molar-refractivity contribution is -0.0964. The van der Waals surface area contributed by atoms with Gasteiger partial charge < -0.3 is 14.2 Å². The lowest BCUT2D eigenvalue weighted by Crippen LogP contribution is -2.55. The zero-order valence-electron chi connectivity index (χ0n) is 12.7. The van der Waals surface area contributed by atoms with Gasteiger partial charge in [-0.15, -0.1) is 0 Å². The first kappa shape index (κ1) is 14.2. The SMILES string of the molecule is CC(C)(C)OC(=O)N1CCO[C@H]2c3ccccc3OC[C@@H]21. The van der Waals surface area contributed by atoms with E-state index in [1.807, 2.05) is 45.0 Å². The van der Waals surface area contributed by atoms with Crippen LogP contribution >= 0.6 is 0 Å². The zero-order valence-corrected chi connectivity index (χ0v) is 12.7. The minimum absolute atomic E-state index is 0.136. The van der Waals surface area contributed by atoms with Crippen LogP contribution in [0.1, 0.15) is 32.4 Å². The van der Waals surface area contributed by atoms with Crippen molar-refractivity contribution < 1.29 is 19.0 Å². The van der Waals surface area contributed by atoms with Gasteiger partial charge in [-0.2, -0.15) is 0 Å². The van der Waals surface area contributed by atoms with E-state index in [-0.39, 0.29) is 18.2 Å². The van der Waals surface area contributed by atoms with Crippen molar-refractivity contribution in [1.29, 1.82) is 0 Å². The molecule has 2 atom stereocenters. The number of ether oxygens (including phenoxy) is 3. The highest BCUT2D eigenvalue weighted by Gasteiger charge is 2.42. The first-order valence-electron chi connectivity index (χ1n) is 7.29. The number of hydrogen-bond donors (Lipinski definition) is 0. The fourth-order valence-corrected chi connectivity index (χ4v) is 2.76. The number of morpholine rings is 1. The number of para-hydroxylation sites is 1. The van der Waals surface area contributed by atoms with Crippen LogP contribution in [0.25, 0.3) is 0 Å². The van der Waals surface area contributed by atoms with E-state index in [1.54, 1.807) is 4.90 Å². The van der Waals surface area contributed by atoms with Crippen LogP contribution in [0, 0.1) is 0 Å². The van der Waals surface area contributed by atoms with E-state index < -0.39 is 5.60 Å². The number of amides is 1. The van der Waals surface area contributed by atoms with Gasteiger partial charge in [-0.3, -0.25) is 4.90 Å². The molecule has 0 aromatic heterocycles. The molecule has 0 spiro atoms. The summed E-state index contributed by atoms with van der Waals surface area (Å²) in [4.78, 5) is 14.1. The summed E-state index contributed by atoms with van der Waals surface area (Å²) in [5.74, 6) is 0.838. The molecule has 0 bridgehead atoms. The molecule has 3 rings (SSSR count). The Morgan fingerprint density at radius 2 is 2.10 bits per heavy atom. The average molecular weight is 291 g/mol. The van der Waals surface area contributed by atoms with Gasteiger partial charge in [-0.05, 0) is 26.8 Å². The van der Waals surface area contributed by atoms with Crippen LogP contribution < -0.4 is 4.74 Å². The molecule has 0 aliphatic carbocycles. The van der Waals surface area contributed by atoms with Crippen LogP contribution in [0.3, 0.4) is 0 Å². The molecule has 0 radical (unpaired) electrons. The van der Waals surface area contributed by atoms with Gasteiger partial charge in [0.25, 0.3) is 0 Å². The van der Waals surface area contributed by atoms with Crippen molar-refractivity contribution in [3.8, 4) is 5.75 Å². The monoisotopic (exact) mass is 291 g/mol. The van der Waals surface area contributed by atoms with E-state index in [0.717, 1.165) is 11.3 Å². The molecule has 0 N–H and O–H groups in total. The lowest BCUT2D eigenvalue weighted by atomic mass is 9.97. The Morgan fingerprint density at radius 3 is 2.86 bits per heavy atom. The van der Waals surface area contributed by atoms with Gasteiger partial charge in [0, 0.05) is 12.1 Å². The maximum absolute atomic E-state index is 12.4. The van der Waals surface area contributed by atoms with Gasteiger partial charge in [-0.25, -0.2) is 4.79 Å². The molecule has 5 nitrogen and oxygen atoms in total. The maximum atomic E-state index is 12.4. The van der Waals surface area contributed by atoms with Crippen LogP contribution in [0.15, 0.2) is 24.3 Å². The number of carbonyl (C=O) groups excluding carboxylic acids is 1. The standard InChI is InChI=1S/C16H21NO4/c1-16(2,3)21-15(18)17-8-9-19-14-11-6-4-5-7-13(11)20-10-12(14)17/h4-7,12,14H,8-10H2,1-3H3/t12-,14-/m0/s1. The number of carbonyl (C=O) groups is 1. The first-order chi connectivity index (χ1) is 9.96. The summed E-state index contributed by atoms with van der Waals surface area (Å²) in [6.45, 7) is 7.08.